The van der Waals surface area contributed by atoms with Gasteiger partial charge in [-0.25, -0.2) is 0 Å². The van der Waals surface area contributed by atoms with E-state index in [1.807, 2.05) is 48.5 Å². The Labute approximate surface area is 112 Å². The van der Waals surface area contributed by atoms with E-state index < -0.39 is 0 Å². The summed E-state index contributed by atoms with van der Waals surface area (Å²) < 4.78 is 10.5. The maximum Gasteiger partial charge on any atom is 0.161 e. The number of carbonyl (C=O) groups excluding carboxylic acids is 1. The van der Waals surface area contributed by atoms with Crippen molar-refractivity contribution in [2.45, 2.75) is 5.92 Å². The average molecular weight is 256 g/mol. The molecule has 98 valence electrons. The average Bonchev–Trinajstić information content (AvgIpc) is 2.49. The molecule has 3 heteroatoms. The van der Waals surface area contributed by atoms with E-state index in [-0.39, 0.29) is 5.92 Å². The molecule has 0 spiro atoms. The summed E-state index contributed by atoms with van der Waals surface area (Å²) in [5.41, 5.74) is 1.85. The summed E-state index contributed by atoms with van der Waals surface area (Å²) >= 11 is 0. The van der Waals surface area contributed by atoms with Crippen molar-refractivity contribution in [2.75, 3.05) is 14.2 Å². The fourth-order valence-electron chi connectivity index (χ4n) is 2.06. The predicted molar refractivity (Wildman–Crippen MR) is 73.9 cm³/mol. The van der Waals surface area contributed by atoms with Crippen molar-refractivity contribution in [2.24, 2.45) is 0 Å². The molecule has 2 rings (SSSR count). The van der Waals surface area contributed by atoms with Gasteiger partial charge in [0.2, 0.25) is 0 Å². The summed E-state index contributed by atoms with van der Waals surface area (Å²) in [7, 11) is 3.17. The Kier molecular flexibility index (Phi) is 4.18. The van der Waals surface area contributed by atoms with Crippen molar-refractivity contribution in [1.29, 1.82) is 0 Å². The Balaban J connectivity index is 2.42. The molecule has 0 saturated heterocycles. The summed E-state index contributed by atoms with van der Waals surface area (Å²) in [6.07, 6.45) is 0.941. The van der Waals surface area contributed by atoms with Gasteiger partial charge >= 0.3 is 0 Å². The SMILES string of the molecule is COc1ccc(C(C=O)c2ccccc2)cc1OC. The van der Waals surface area contributed by atoms with Crippen molar-refractivity contribution < 1.29 is 14.3 Å². The van der Waals surface area contributed by atoms with Crippen molar-refractivity contribution in [3.8, 4) is 11.5 Å². The first-order valence-electron chi connectivity index (χ1n) is 6.02. The highest BCUT2D eigenvalue weighted by Gasteiger charge is 2.15. The molecule has 0 saturated carbocycles. The molecular weight excluding hydrogens is 240 g/mol. The van der Waals surface area contributed by atoms with Crippen LogP contribution in [-0.4, -0.2) is 20.5 Å². The van der Waals surface area contributed by atoms with Crippen LogP contribution < -0.4 is 9.47 Å². The molecule has 0 radical (unpaired) electrons. The zero-order valence-electron chi connectivity index (χ0n) is 11.0. The first-order valence-corrected chi connectivity index (χ1v) is 6.02. The third-order valence-electron chi connectivity index (χ3n) is 3.06. The van der Waals surface area contributed by atoms with E-state index in [1.54, 1.807) is 14.2 Å². The zero-order valence-corrected chi connectivity index (χ0v) is 11.0. The van der Waals surface area contributed by atoms with Crippen LogP contribution in [-0.2, 0) is 4.79 Å². The molecular formula is C16H16O3. The lowest BCUT2D eigenvalue weighted by Crippen LogP contribution is -2.03. The molecule has 0 aromatic heterocycles. The van der Waals surface area contributed by atoms with Crippen molar-refractivity contribution >= 4 is 6.29 Å². The highest BCUT2D eigenvalue weighted by molar-refractivity contribution is 5.69. The van der Waals surface area contributed by atoms with Crippen LogP contribution in [0.3, 0.4) is 0 Å². The molecule has 0 aliphatic rings. The monoisotopic (exact) mass is 256 g/mol. The number of ether oxygens (including phenoxy) is 2. The van der Waals surface area contributed by atoms with Crippen LogP contribution in [0.1, 0.15) is 17.0 Å². The molecule has 3 nitrogen and oxygen atoms in total. The summed E-state index contributed by atoms with van der Waals surface area (Å²) in [4.78, 5) is 11.4. The number of benzene rings is 2. The number of carbonyl (C=O) groups is 1. The molecule has 0 bridgehead atoms. The fraction of sp³-hybridized carbons (Fsp3) is 0.188. The second-order valence-corrected chi connectivity index (χ2v) is 4.14. The Bertz CT molecular complexity index is 549. The summed E-state index contributed by atoms with van der Waals surface area (Å²) in [5.74, 6) is 0.993. The van der Waals surface area contributed by atoms with Crippen LogP contribution in [0.2, 0.25) is 0 Å². The second kappa shape index (κ2) is 6.05. The zero-order chi connectivity index (χ0) is 13.7. The van der Waals surface area contributed by atoms with Crippen LogP contribution in [0.25, 0.3) is 0 Å². The molecule has 0 aliphatic heterocycles. The van der Waals surface area contributed by atoms with E-state index in [9.17, 15) is 4.79 Å². The van der Waals surface area contributed by atoms with Gasteiger partial charge in [0.1, 0.15) is 6.29 Å². The van der Waals surface area contributed by atoms with Crippen molar-refractivity contribution in [3.05, 3.63) is 59.7 Å². The molecule has 0 amide bonds. The van der Waals surface area contributed by atoms with Gasteiger partial charge in [0.15, 0.2) is 11.5 Å². The number of methoxy groups -OCH3 is 2. The van der Waals surface area contributed by atoms with Gasteiger partial charge in [0.05, 0.1) is 20.1 Å². The van der Waals surface area contributed by atoms with Crippen LogP contribution in [0.15, 0.2) is 48.5 Å². The van der Waals surface area contributed by atoms with Crippen LogP contribution in [0.4, 0.5) is 0 Å². The van der Waals surface area contributed by atoms with E-state index in [2.05, 4.69) is 0 Å². The van der Waals surface area contributed by atoms with Crippen LogP contribution >= 0.6 is 0 Å². The highest BCUT2D eigenvalue weighted by Crippen LogP contribution is 2.32. The fourth-order valence-corrected chi connectivity index (χ4v) is 2.06. The molecule has 1 unspecified atom stereocenters. The maximum absolute atomic E-state index is 11.4. The highest BCUT2D eigenvalue weighted by atomic mass is 16.5. The van der Waals surface area contributed by atoms with Gasteiger partial charge in [0.25, 0.3) is 0 Å². The molecule has 0 heterocycles. The molecule has 19 heavy (non-hydrogen) atoms. The van der Waals surface area contributed by atoms with Gasteiger partial charge in [-0.1, -0.05) is 36.4 Å². The third-order valence-corrected chi connectivity index (χ3v) is 3.06. The normalized spacial score (nSPS) is 11.7. The van der Waals surface area contributed by atoms with Crippen molar-refractivity contribution in [3.63, 3.8) is 0 Å². The van der Waals surface area contributed by atoms with E-state index in [0.717, 1.165) is 17.4 Å². The standard InChI is InChI=1S/C16H16O3/c1-18-15-9-8-13(10-16(15)19-2)14(11-17)12-6-4-3-5-7-12/h3-11,14H,1-2H3. The number of hydrogen-bond acceptors (Lipinski definition) is 3. The summed E-state index contributed by atoms with van der Waals surface area (Å²) in [5, 5.41) is 0. The topological polar surface area (TPSA) is 35.5 Å². The van der Waals surface area contributed by atoms with Gasteiger partial charge in [-0.15, -0.1) is 0 Å². The quantitative estimate of drug-likeness (QED) is 0.771. The molecule has 2 aromatic rings. The molecule has 0 aliphatic carbocycles. The Morgan fingerprint density at radius 1 is 0.895 bits per heavy atom. The summed E-state index contributed by atoms with van der Waals surface area (Å²) in [6, 6.07) is 15.2. The Morgan fingerprint density at radius 2 is 1.58 bits per heavy atom. The lowest BCUT2D eigenvalue weighted by atomic mass is 9.92. The minimum absolute atomic E-state index is 0.291. The molecule has 0 fully saturated rings. The number of rotatable bonds is 5. The lowest BCUT2D eigenvalue weighted by molar-refractivity contribution is -0.108. The Hall–Kier alpha value is -2.29. The van der Waals surface area contributed by atoms with Gasteiger partial charge in [-0.2, -0.15) is 0 Å². The van der Waals surface area contributed by atoms with E-state index in [0.29, 0.717) is 11.5 Å². The number of aldehydes is 1. The van der Waals surface area contributed by atoms with Gasteiger partial charge in [0, 0.05) is 0 Å². The first-order chi connectivity index (χ1) is 9.30. The minimum Gasteiger partial charge on any atom is -0.493 e. The summed E-state index contributed by atoms with van der Waals surface area (Å²) in [6.45, 7) is 0. The molecule has 2 aromatic carbocycles. The van der Waals surface area contributed by atoms with E-state index in [4.69, 9.17) is 9.47 Å². The maximum atomic E-state index is 11.4. The predicted octanol–water partition coefficient (Wildman–Crippen LogP) is 3.03. The smallest absolute Gasteiger partial charge is 0.161 e. The third kappa shape index (κ3) is 2.76. The van der Waals surface area contributed by atoms with Crippen LogP contribution in [0.5, 0.6) is 11.5 Å². The van der Waals surface area contributed by atoms with Gasteiger partial charge in [-0.3, -0.25) is 0 Å². The first kappa shape index (κ1) is 13.1. The second-order valence-electron chi connectivity index (χ2n) is 4.14. The van der Waals surface area contributed by atoms with E-state index >= 15 is 0 Å². The van der Waals surface area contributed by atoms with Gasteiger partial charge in [-0.05, 0) is 23.3 Å². The lowest BCUT2D eigenvalue weighted by Gasteiger charge is -2.14. The van der Waals surface area contributed by atoms with E-state index in [1.165, 1.54) is 0 Å². The van der Waals surface area contributed by atoms with Crippen molar-refractivity contribution in [1.82, 2.24) is 0 Å². The minimum atomic E-state index is -0.291. The Morgan fingerprint density at radius 3 is 2.16 bits per heavy atom. The number of hydrogen-bond donors (Lipinski definition) is 0. The molecule has 1 atom stereocenters. The molecule has 0 N–H and O–H groups in total. The largest absolute Gasteiger partial charge is 0.493 e. The van der Waals surface area contributed by atoms with Crippen LogP contribution in [0, 0.1) is 0 Å². The van der Waals surface area contributed by atoms with Gasteiger partial charge < -0.3 is 14.3 Å².